The van der Waals surface area contributed by atoms with Crippen LogP contribution in [0.15, 0.2) is 48.9 Å². The van der Waals surface area contributed by atoms with Gasteiger partial charge >= 0.3 is 6.03 Å². The summed E-state index contributed by atoms with van der Waals surface area (Å²) in [7, 11) is 0. The number of rotatable bonds is 4. The molecule has 130 valence electrons. The molecule has 2 aromatic rings. The summed E-state index contributed by atoms with van der Waals surface area (Å²) in [4.78, 5) is 25.3. The van der Waals surface area contributed by atoms with E-state index in [4.69, 9.17) is 0 Å². The Morgan fingerprint density at radius 3 is 2.48 bits per heavy atom. The minimum atomic E-state index is 0.0412. The lowest BCUT2D eigenvalue weighted by atomic mass is 10.0. The largest absolute Gasteiger partial charge is 0.352 e. The van der Waals surface area contributed by atoms with E-state index in [1.165, 1.54) is 18.4 Å². The molecule has 0 bridgehead atoms. The van der Waals surface area contributed by atoms with Crippen LogP contribution in [0.3, 0.4) is 0 Å². The molecule has 1 aromatic carbocycles. The number of hydrogen-bond acceptors (Lipinski definition) is 4. The van der Waals surface area contributed by atoms with Crippen LogP contribution in [-0.2, 0) is 0 Å². The van der Waals surface area contributed by atoms with Crippen molar-refractivity contribution in [2.45, 2.75) is 18.9 Å². The second-order valence-corrected chi connectivity index (χ2v) is 6.71. The molecule has 1 saturated carbocycles. The number of hydrogen-bond donors (Lipinski definition) is 1. The molecule has 1 atom stereocenters. The fourth-order valence-electron chi connectivity index (χ4n) is 3.38. The molecule has 0 radical (unpaired) electrons. The molecule has 0 spiro atoms. The Bertz CT molecular complexity index is 696. The van der Waals surface area contributed by atoms with Gasteiger partial charge < -0.3 is 15.1 Å². The van der Waals surface area contributed by atoms with Crippen molar-refractivity contribution in [3.8, 4) is 0 Å². The fraction of sp³-hybridized carbons (Fsp3) is 0.421. The summed E-state index contributed by atoms with van der Waals surface area (Å²) in [6.07, 6.45) is 7.54. The summed E-state index contributed by atoms with van der Waals surface area (Å²) in [6.45, 7) is 2.97. The van der Waals surface area contributed by atoms with E-state index in [1.54, 1.807) is 18.6 Å². The van der Waals surface area contributed by atoms with E-state index in [0.717, 1.165) is 18.9 Å². The minimum Gasteiger partial charge on any atom is -0.352 e. The number of nitrogens with zero attached hydrogens (tertiary/aromatic N) is 4. The van der Waals surface area contributed by atoms with Gasteiger partial charge in [0.05, 0.1) is 12.2 Å². The fourth-order valence-corrected chi connectivity index (χ4v) is 3.38. The van der Waals surface area contributed by atoms with Crippen LogP contribution in [0, 0.1) is 5.92 Å². The smallest absolute Gasteiger partial charge is 0.318 e. The molecule has 6 heteroatoms. The SMILES string of the molecule is O=C(N[C@@H](c1ccccc1)C1CC1)N1CCN(c2cnccn2)CC1. The summed E-state index contributed by atoms with van der Waals surface area (Å²) in [5, 5.41) is 3.26. The lowest BCUT2D eigenvalue weighted by molar-refractivity contribution is 0.188. The van der Waals surface area contributed by atoms with E-state index in [1.807, 2.05) is 23.1 Å². The van der Waals surface area contributed by atoms with E-state index in [9.17, 15) is 4.79 Å². The zero-order chi connectivity index (χ0) is 17.1. The monoisotopic (exact) mass is 337 g/mol. The molecule has 1 aliphatic heterocycles. The van der Waals surface area contributed by atoms with E-state index in [-0.39, 0.29) is 12.1 Å². The Morgan fingerprint density at radius 2 is 1.84 bits per heavy atom. The summed E-state index contributed by atoms with van der Waals surface area (Å²) < 4.78 is 0. The van der Waals surface area contributed by atoms with Crippen LogP contribution in [0.25, 0.3) is 0 Å². The maximum Gasteiger partial charge on any atom is 0.318 e. The Kier molecular flexibility index (Phi) is 4.50. The second kappa shape index (κ2) is 7.09. The van der Waals surface area contributed by atoms with Crippen molar-refractivity contribution in [2.24, 2.45) is 5.92 Å². The van der Waals surface area contributed by atoms with Gasteiger partial charge in [-0.05, 0) is 24.3 Å². The average molecular weight is 337 g/mol. The van der Waals surface area contributed by atoms with Crippen LogP contribution < -0.4 is 10.2 Å². The Morgan fingerprint density at radius 1 is 1.08 bits per heavy atom. The minimum absolute atomic E-state index is 0.0412. The second-order valence-electron chi connectivity index (χ2n) is 6.71. The third-order valence-corrected chi connectivity index (χ3v) is 4.97. The van der Waals surface area contributed by atoms with Crippen molar-refractivity contribution < 1.29 is 4.79 Å². The topological polar surface area (TPSA) is 61.4 Å². The van der Waals surface area contributed by atoms with Gasteiger partial charge in [0.15, 0.2) is 0 Å². The third kappa shape index (κ3) is 3.73. The molecule has 2 fully saturated rings. The standard InChI is InChI=1S/C19H23N5O/c25-19(22-18(16-6-7-16)15-4-2-1-3-5-15)24-12-10-23(11-13-24)17-14-20-8-9-21-17/h1-5,8-9,14,16,18H,6-7,10-13H2,(H,22,25)/t18-/m0/s1. The zero-order valence-electron chi connectivity index (χ0n) is 14.2. The lowest BCUT2D eigenvalue weighted by Crippen LogP contribution is -2.52. The van der Waals surface area contributed by atoms with Gasteiger partial charge in [0.25, 0.3) is 0 Å². The number of piperazine rings is 1. The maximum atomic E-state index is 12.7. The molecule has 4 rings (SSSR count). The van der Waals surface area contributed by atoms with E-state index in [0.29, 0.717) is 19.0 Å². The number of amides is 2. The highest BCUT2D eigenvalue weighted by Gasteiger charge is 2.34. The van der Waals surface area contributed by atoms with Gasteiger partial charge in [-0.2, -0.15) is 0 Å². The van der Waals surface area contributed by atoms with Crippen LogP contribution in [0.5, 0.6) is 0 Å². The molecule has 2 heterocycles. The molecular formula is C19H23N5O. The number of urea groups is 1. The molecule has 1 aliphatic carbocycles. The predicted molar refractivity (Wildman–Crippen MR) is 96.3 cm³/mol. The Labute approximate surface area is 147 Å². The van der Waals surface area contributed by atoms with Crippen molar-refractivity contribution in [2.75, 3.05) is 31.1 Å². The Balaban J connectivity index is 1.36. The van der Waals surface area contributed by atoms with Gasteiger partial charge in [-0.3, -0.25) is 4.98 Å². The lowest BCUT2D eigenvalue weighted by Gasteiger charge is -2.36. The normalized spacial score (nSPS) is 18.7. The van der Waals surface area contributed by atoms with Gasteiger partial charge in [-0.15, -0.1) is 0 Å². The molecule has 2 aliphatic rings. The van der Waals surface area contributed by atoms with Crippen molar-refractivity contribution >= 4 is 11.8 Å². The molecule has 6 nitrogen and oxygen atoms in total. The molecule has 1 N–H and O–H groups in total. The maximum absolute atomic E-state index is 12.7. The van der Waals surface area contributed by atoms with Crippen molar-refractivity contribution in [3.05, 3.63) is 54.5 Å². The van der Waals surface area contributed by atoms with Crippen molar-refractivity contribution in [3.63, 3.8) is 0 Å². The van der Waals surface area contributed by atoms with Gasteiger partial charge in [0, 0.05) is 38.6 Å². The summed E-state index contributed by atoms with van der Waals surface area (Å²) in [5.41, 5.74) is 1.21. The van der Waals surface area contributed by atoms with Gasteiger partial charge in [0.1, 0.15) is 5.82 Å². The number of carbonyl (C=O) groups excluding carboxylic acids is 1. The predicted octanol–water partition coefficient (Wildman–Crippen LogP) is 2.46. The highest BCUT2D eigenvalue weighted by Crippen LogP contribution is 2.41. The molecule has 0 unspecified atom stereocenters. The summed E-state index contributed by atoms with van der Waals surface area (Å²) >= 11 is 0. The van der Waals surface area contributed by atoms with Crippen LogP contribution in [0.1, 0.15) is 24.4 Å². The number of nitrogens with one attached hydrogen (secondary N) is 1. The first-order valence-corrected chi connectivity index (χ1v) is 8.92. The molecular weight excluding hydrogens is 314 g/mol. The van der Waals surface area contributed by atoms with Crippen molar-refractivity contribution in [1.82, 2.24) is 20.2 Å². The summed E-state index contributed by atoms with van der Waals surface area (Å²) in [6, 6.07) is 10.5. The van der Waals surface area contributed by atoms with E-state index < -0.39 is 0 Å². The summed E-state index contributed by atoms with van der Waals surface area (Å²) in [5.74, 6) is 1.45. The first kappa shape index (κ1) is 15.9. The molecule has 25 heavy (non-hydrogen) atoms. The van der Waals surface area contributed by atoms with E-state index >= 15 is 0 Å². The van der Waals surface area contributed by atoms with Gasteiger partial charge in [-0.1, -0.05) is 30.3 Å². The molecule has 2 amide bonds. The van der Waals surface area contributed by atoms with Crippen LogP contribution in [0.4, 0.5) is 10.6 Å². The first-order chi connectivity index (χ1) is 12.3. The van der Waals surface area contributed by atoms with Gasteiger partial charge in [0.2, 0.25) is 0 Å². The first-order valence-electron chi connectivity index (χ1n) is 8.92. The highest BCUT2D eigenvalue weighted by molar-refractivity contribution is 5.75. The van der Waals surface area contributed by atoms with Crippen molar-refractivity contribution in [1.29, 1.82) is 0 Å². The van der Waals surface area contributed by atoms with Crippen LogP contribution in [0.2, 0.25) is 0 Å². The average Bonchev–Trinajstić information content (AvgIpc) is 3.52. The number of benzene rings is 1. The molecule has 1 aromatic heterocycles. The molecule has 1 saturated heterocycles. The number of anilines is 1. The van der Waals surface area contributed by atoms with Crippen LogP contribution in [-0.4, -0.2) is 47.1 Å². The third-order valence-electron chi connectivity index (χ3n) is 4.97. The van der Waals surface area contributed by atoms with Crippen LogP contribution >= 0.6 is 0 Å². The number of aromatic nitrogens is 2. The number of carbonyl (C=O) groups is 1. The highest BCUT2D eigenvalue weighted by atomic mass is 16.2. The zero-order valence-corrected chi connectivity index (χ0v) is 14.2. The quantitative estimate of drug-likeness (QED) is 0.931. The van der Waals surface area contributed by atoms with E-state index in [2.05, 4.69) is 32.3 Å². The Hall–Kier alpha value is -2.63. The van der Waals surface area contributed by atoms with Gasteiger partial charge in [-0.25, -0.2) is 9.78 Å².